The molecule has 1 aromatic heterocycles. The van der Waals surface area contributed by atoms with Crippen LogP contribution in [0.15, 0.2) is 54.6 Å². The Hall–Kier alpha value is -3.29. The maximum atomic E-state index is 13.2. The van der Waals surface area contributed by atoms with Crippen LogP contribution in [0.3, 0.4) is 0 Å². The Morgan fingerprint density at radius 2 is 1.77 bits per heavy atom. The molecule has 1 N–H and O–H groups in total. The lowest BCUT2D eigenvalue weighted by molar-refractivity contribution is -0.125. The molecule has 2 aliphatic rings. The number of amides is 1. The molecular weight excluding hydrogens is 440 g/mol. The van der Waals surface area contributed by atoms with Crippen LogP contribution in [-0.4, -0.2) is 66.0 Å². The first-order chi connectivity index (χ1) is 17.1. The number of carbonyl (C=O) groups excluding carboxylic acids is 2. The maximum absolute atomic E-state index is 13.2. The predicted octanol–water partition coefficient (Wildman–Crippen LogP) is 3.16. The number of hydrogen-bond donors (Lipinski definition) is 1. The monoisotopic (exact) mass is 472 g/mol. The van der Waals surface area contributed by atoms with Gasteiger partial charge in [-0.1, -0.05) is 48.5 Å². The first-order valence-corrected chi connectivity index (χ1v) is 12.4. The smallest absolute Gasteiger partial charge is 0.339 e. The van der Waals surface area contributed by atoms with Gasteiger partial charge in [-0.2, -0.15) is 0 Å². The van der Waals surface area contributed by atoms with Gasteiger partial charge in [-0.3, -0.25) is 14.7 Å². The molecule has 35 heavy (non-hydrogen) atoms. The summed E-state index contributed by atoms with van der Waals surface area (Å²) in [5, 5.41) is 3.83. The van der Waals surface area contributed by atoms with Gasteiger partial charge in [0.2, 0.25) is 0 Å². The molecule has 1 fully saturated rings. The molecule has 0 bridgehead atoms. The molecule has 0 spiro atoms. The second-order valence-electron chi connectivity index (χ2n) is 9.60. The van der Waals surface area contributed by atoms with Crippen LogP contribution in [0, 0.1) is 0 Å². The van der Waals surface area contributed by atoms with E-state index in [1.165, 1.54) is 5.56 Å². The molecule has 3 heterocycles. The molecule has 5 rings (SSSR count). The summed E-state index contributed by atoms with van der Waals surface area (Å²) in [5.41, 5.74) is 4.49. The lowest BCUT2D eigenvalue weighted by atomic mass is 9.96. The zero-order chi connectivity index (χ0) is 24.2. The number of nitrogens with one attached hydrogen (secondary N) is 1. The molecule has 7 heteroatoms. The molecule has 1 amide bonds. The van der Waals surface area contributed by atoms with E-state index in [9.17, 15) is 9.59 Å². The average molecular weight is 473 g/mol. The summed E-state index contributed by atoms with van der Waals surface area (Å²) in [6.07, 6.45) is 2.57. The van der Waals surface area contributed by atoms with Crippen LogP contribution in [0.25, 0.3) is 10.9 Å². The maximum Gasteiger partial charge on any atom is 0.339 e. The van der Waals surface area contributed by atoms with Crippen LogP contribution in [0.5, 0.6) is 0 Å². The van der Waals surface area contributed by atoms with Gasteiger partial charge >= 0.3 is 5.97 Å². The highest BCUT2D eigenvalue weighted by atomic mass is 16.5. The molecule has 2 aromatic carbocycles. The van der Waals surface area contributed by atoms with E-state index in [0.29, 0.717) is 12.1 Å². The zero-order valence-corrected chi connectivity index (χ0v) is 20.2. The van der Waals surface area contributed by atoms with Crippen LogP contribution < -0.4 is 5.32 Å². The summed E-state index contributed by atoms with van der Waals surface area (Å²) in [4.78, 5) is 35.2. The first-order valence-electron chi connectivity index (χ1n) is 12.4. The molecule has 182 valence electrons. The minimum absolute atomic E-state index is 0.108. The number of piperidine rings is 1. The average Bonchev–Trinajstić information content (AvgIpc) is 2.88. The van der Waals surface area contributed by atoms with E-state index >= 15 is 0 Å². The van der Waals surface area contributed by atoms with Crippen LogP contribution in [0.4, 0.5) is 0 Å². The van der Waals surface area contributed by atoms with E-state index < -0.39 is 5.97 Å². The van der Waals surface area contributed by atoms with Crippen molar-refractivity contribution in [3.05, 3.63) is 77.0 Å². The summed E-state index contributed by atoms with van der Waals surface area (Å²) in [7, 11) is 2.03. The number of likely N-dealkylation sites (N-methyl/N-ethyl adjacent to an activating group) is 1. The number of fused-ring (bicyclic) bond motifs is 2. The van der Waals surface area contributed by atoms with Gasteiger partial charge in [0.1, 0.15) is 0 Å². The Balaban J connectivity index is 1.18. The fourth-order valence-electron chi connectivity index (χ4n) is 5.11. The van der Waals surface area contributed by atoms with E-state index in [1.54, 1.807) is 0 Å². The number of nitrogens with zero attached hydrogens (tertiary/aromatic N) is 3. The van der Waals surface area contributed by atoms with Crippen molar-refractivity contribution in [1.82, 2.24) is 20.1 Å². The number of aromatic nitrogens is 1. The van der Waals surface area contributed by atoms with Crippen LogP contribution >= 0.6 is 0 Å². The topological polar surface area (TPSA) is 74.8 Å². The number of ether oxygens (including phenoxy) is 1. The van der Waals surface area contributed by atoms with Crippen LogP contribution in [0.2, 0.25) is 0 Å². The first kappa shape index (κ1) is 23.5. The summed E-state index contributed by atoms with van der Waals surface area (Å²) >= 11 is 0. The number of likely N-dealkylation sites (tertiary alicyclic amines) is 1. The zero-order valence-electron chi connectivity index (χ0n) is 20.2. The second-order valence-corrected chi connectivity index (χ2v) is 9.60. The second kappa shape index (κ2) is 10.5. The summed E-state index contributed by atoms with van der Waals surface area (Å²) in [6.45, 7) is 4.07. The third kappa shape index (κ3) is 5.52. The fraction of sp³-hybridized carbons (Fsp3) is 0.393. The Kier molecular flexibility index (Phi) is 7.06. The Bertz CT molecular complexity index is 1210. The molecule has 0 unspecified atom stereocenters. The van der Waals surface area contributed by atoms with Gasteiger partial charge in [-0.25, -0.2) is 4.79 Å². The quantitative estimate of drug-likeness (QED) is 0.556. The van der Waals surface area contributed by atoms with Crippen molar-refractivity contribution in [2.24, 2.45) is 0 Å². The van der Waals surface area contributed by atoms with E-state index in [-0.39, 0.29) is 18.6 Å². The molecule has 7 nitrogen and oxygen atoms in total. The van der Waals surface area contributed by atoms with Gasteiger partial charge in [0, 0.05) is 61.8 Å². The minimum Gasteiger partial charge on any atom is -0.452 e. The van der Waals surface area contributed by atoms with Crippen LogP contribution in [-0.2, 0) is 29.0 Å². The number of pyridine rings is 1. The van der Waals surface area contributed by atoms with E-state index in [4.69, 9.17) is 9.72 Å². The number of carbonyl (C=O) groups is 2. The summed E-state index contributed by atoms with van der Waals surface area (Å²) in [5.74, 6) is -0.702. The highest BCUT2D eigenvalue weighted by Gasteiger charge is 2.26. The van der Waals surface area contributed by atoms with Crippen molar-refractivity contribution >= 4 is 22.8 Å². The number of benzene rings is 2. The Labute approximate surface area is 206 Å². The summed E-state index contributed by atoms with van der Waals surface area (Å²) < 4.78 is 5.53. The van der Waals surface area contributed by atoms with Crippen molar-refractivity contribution in [3.8, 4) is 0 Å². The fourth-order valence-corrected chi connectivity index (χ4v) is 5.11. The van der Waals surface area contributed by atoms with E-state index in [0.717, 1.165) is 67.6 Å². The molecule has 3 aromatic rings. The molecule has 2 aliphatic heterocycles. The normalized spacial score (nSPS) is 17.2. The van der Waals surface area contributed by atoms with Crippen molar-refractivity contribution in [3.63, 3.8) is 0 Å². The molecule has 0 radical (unpaired) electrons. The highest BCUT2D eigenvalue weighted by Crippen LogP contribution is 2.28. The number of hydrogen-bond acceptors (Lipinski definition) is 6. The molecular formula is C28H32N4O3. The molecule has 0 saturated carbocycles. The number of rotatable bonds is 6. The van der Waals surface area contributed by atoms with Crippen molar-refractivity contribution < 1.29 is 14.3 Å². The summed E-state index contributed by atoms with van der Waals surface area (Å²) in [6, 6.07) is 18.2. The van der Waals surface area contributed by atoms with E-state index in [2.05, 4.69) is 39.4 Å². The largest absolute Gasteiger partial charge is 0.452 e. The highest BCUT2D eigenvalue weighted by molar-refractivity contribution is 6.05. The molecule has 1 saturated heterocycles. The Morgan fingerprint density at radius 1 is 1.03 bits per heavy atom. The van der Waals surface area contributed by atoms with Gasteiger partial charge in [-0.15, -0.1) is 0 Å². The Morgan fingerprint density at radius 3 is 2.57 bits per heavy atom. The van der Waals surface area contributed by atoms with E-state index in [1.807, 2.05) is 37.4 Å². The SMILES string of the molecule is CN1CCc2nc3ccccc3c(C(=O)OCC(=O)NC3CCN(Cc4ccccc4)CC3)c2C1. The third-order valence-corrected chi connectivity index (χ3v) is 6.98. The van der Waals surface area contributed by atoms with Crippen molar-refractivity contribution in [1.29, 1.82) is 0 Å². The van der Waals surface area contributed by atoms with Crippen LogP contribution in [0.1, 0.15) is 40.0 Å². The third-order valence-electron chi connectivity index (χ3n) is 6.98. The van der Waals surface area contributed by atoms with Crippen molar-refractivity contribution in [2.45, 2.75) is 38.4 Å². The number of esters is 1. The van der Waals surface area contributed by atoms with Gasteiger partial charge in [0.25, 0.3) is 5.91 Å². The van der Waals surface area contributed by atoms with Gasteiger partial charge in [0.15, 0.2) is 6.61 Å². The molecule has 0 atom stereocenters. The lowest BCUT2D eigenvalue weighted by Gasteiger charge is -2.32. The predicted molar refractivity (Wildman–Crippen MR) is 135 cm³/mol. The standard InChI is InChI=1S/C28H32N4O3/c1-31-14-13-25-23(18-31)27(22-9-5-6-10-24(22)30-25)28(34)35-19-26(33)29-21-11-15-32(16-12-21)17-20-7-3-2-4-8-20/h2-10,21H,11-19H2,1H3,(H,29,33). The van der Waals surface area contributed by atoms with Crippen molar-refractivity contribution in [2.75, 3.05) is 33.3 Å². The molecule has 0 aliphatic carbocycles. The number of para-hydroxylation sites is 1. The lowest BCUT2D eigenvalue weighted by Crippen LogP contribution is -2.45. The minimum atomic E-state index is -0.456. The van der Waals surface area contributed by atoms with Gasteiger partial charge < -0.3 is 15.0 Å². The van der Waals surface area contributed by atoms with Gasteiger partial charge in [0.05, 0.1) is 11.1 Å². The van der Waals surface area contributed by atoms with Gasteiger partial charge in [-0.05, 0) is 31.5 Å².